The number of aryl methyl sites for hydroxylation is 1. The summed E-state index contributed by atoms with van der Waals surface area (Å²) in [6, 6.07) is 5.28. The Morgan fingerprint density at radius 1 is 1.24 bits per heavy atom. The Bertz CT molecular complexity index is 597. The van der Waals surface area contributed by atoms with Crippen molar-refractivity contribution in [1.82, 2.24) is 16.0 Å². The Morgan fingerprint density at radius 3 is 2.68 bits per heavy atom. The van der Waals surface area contributed by atoms with E-state index in [1.54, 1.807) is 19.1 Å². The molecule has 0 aromatic heterocycles. The van der Waals surface area contributed by atoms with Crippen molar-refractivity contribution in [3.63, 3.8) is 0 Å². The first-order valence-corrected chi connectivity index (χ1v) is 9.15. The molecule has 0 heterocycles. The van der Waals surface area contributed by atoms with Gasteiger partial charge in [-0.1, -0.05) is 31.4 Å². The van der Waals surface area contributed by atoms with Gasteiger partial charge in [0, 0.05) is 12.6 Å². The van der Waals surface area contributed by atoms with Gasteiger partial charge in [-0.15, -0.1) is 0 Å². The highest BCUT2D eigenvalue weighted by Crippen LogP contribution is 2.17. The molecule has 1 aromatic rings. The Hall–Kier alpha value is -2.11. The van der Waals surface area contributed by atoms with Crippen molar-refractivity contribution in [2.24, 2.45) is 4.99 Å². The minimum absolute atomic E-state index is 0.00451. The Labute approximate surface area is 149 Å². The molecular weight excluding hydrogens is 319 g/mol. The average molecular weight is 348 g/mol. The van der Waals surface area contributed by atoms with Crippen LogP contribution in [0, 0.1) is 12.7 Å². The number of carbonyl (C=O) groups excluding carboxylic acids is 1. The minimum atomic E-state index is -0.211. The molecule has 1 fully saturated rings. The van der Waals surface area contributed by atoms with Gasteiger partial charge >= 0.3 is 0 Å². The molecule has 0 saturated heterocycles. The quantitative estimate of drug-likeness (QED) is 0.547. The van der Waals surface area contributed by atoms with Gasteiger partial charge in [0.15, 0.2) is 5.96 Å². The maximum atomic E-state index is 13.3. The van der Waals surface area contributed by atoms with E-state index in [2.05, 4.69) is 20.9 Å². The molecule has 1 aromatic carbocycles. The molecule has 0 spiro atoms. The summed E-state index contributed by atoms with van der Waals surface area (Å²) >= 11 is 0. The number of guanidine groups is 1. The molecule has 1 aliphatic carbocycles. The van der Waals surface area contributed by atoms with E-state index in [4.69, 9.17) is 0 Å². The average Bonchev–Trinajstić information content (AvgIpc) is 2.61. The molecule has 3 N–H and O–H groups in total. The molecule has 0 atom stereocenters. The fourth-order valence-electron chi connectivity index (χ4n) is 3.01. The summed E-state index contributed by atoms with van der Waals surface area (Å²) < 4.78 is 13.3. The Balaban J connectivity index is 1.84. The number of rotatable bonds is 6. The number of amides is 1. The van der Waals surface area contributed by atoms with Gasteiger partial charge in [0.1, 0.15) is 5.82 Å². The number of nitrogens with one attached hydrogen (secondary N) is 3. The van der Waals surface area contributed by atoms with Crippen LogP contribution in [-0.4, -0.2) is 31.0 Å². The second-order valence-electron chi connectivity index (χ2n) is 6.53. The SMILES string of the molecule is CCNC(=NCc1ccc(F)c(C)c1)NCC(=O)NC1CCCCC1. The van der Waals surface area contributed by atoms with E-state index in [-0.39, 0.29) is 18.3 Å². The molecule has 6 heteroatoms. The second-order valence-corrected chi connectivity index (χ2v) is 6.53. The van der Waals surface area contributed by atoms with Crippen molar-refractivity contribution in [1.29, 1.82) is 0 Å². The molecule has 0 radical (unpaired) electrons. The molecule has 1 saturated carbocycles. The molecule has 5 nitrogen and oxygen atoms in total. The highest BCUT2D eigenvalue weighted by Gasteiger charge is 2.15. The summed E-state index contributed by atoms with van der Waals surface area (Å²) in [5, 5.41) is 9.26. The number of hydrogen-bond donors (Lipinski definition) is 3. The number of hydrogen-bond acceptors (Lipinski definition) is 2. The number of nitrogens with zero attached hydrogens (tertiary/aromatic N) is 1. The van der Waals surface area contributed by atoms with Crippen LogP contribution in [-0.2, 0) is 11.3 Å². The topological polar surface area (TPSA) is 65.5 Å². The first kappa shape index (κ1) is 19.2. The van der Waals surface area contributed by atoms with Gasteiger partial charge in [-0.25, -0.2) is 9.38 Å². The zero-order chi connectivity index (χ0) is 18.1. The molecule has 1 aliphatic rings. The van der Waals surface area contributed by atoms with Gasteiger partial charge < -0.3 is 16.0 Å². The van der Waals surface area contributed by atoms with Crippen LogP contribution >= 0.6 is 0 Å². The van der Waals surface area contributed by atoms with E-state index in [0.717, 1.165) is 18.4 Å². The predicted molar refractivity (Wildman–Crippen MR) is 99.0 cm³/mol. The molecule has 1 amide bonds. The van der Waals surface area contributed by atoms with E-state index in [1.165, 1.54) is 25.3 Å². The van der Waals surface area contributed by atoms with Crippen LogP contribution in [0.3, 0.4) is 0 Å². The summed E-state index contributed by atoms with van der Waals surface area (Å²) in [5.74, 6) is 0.371. The lowest BCUT2D eigenvalue weighted by atomic mass is 9.95. The van der Waals surface area contributed by atoms with E-state index in [9.17, 15) is 9.18 Å². The normalized spacial score (nSPS) is 15.7. The third kappa shape index (κ3) is 6.72. The number of carbonyl (C=O) groups is 1. The van der Waals surface area contributed by atoms with Gasteiger partial charge in [0.05, 0.1) is 13.1 Å². The van der Waals surface area contributed by atoms with Crippen molar-refractivity contribution >= 4 is 11.9 Å². The second kappa shape index (κ2) is 10.0. The van der Waals surface area contributed by atoms with Crippen LogP contribution in [0.15, 0.2) is 23.2 Å². The molecule has 138 valence electrons. The van der Waals surface area contributed by atoms with E-state index in [1.807, 2.05) is 6.92 Å². The van der Waals surface area contributed by atoms with Gasteiger partial charge in [0.25, 0.3) is 0 Å². The largest absolute Gasteiger partial charge is 0.357 e. The number of halogens is 1. The van der Waals surface area contributed by atoms with Crippen LogP contribution in [0.25, 0.3) is 0 Å². The summed E-state index contributed by atoms with van der Waals surface area (Å²) in [4.78, 5) is 16.5. The first-order valence-electron chi connectivity index (χ1n) is 9.15. The van der Waals surface area contributed by atoms with Crippen molar-refractivity contribution in [3.8, 4) is 0 Å². The van der Waals surface area contributed by atoms with Crippen molar-refractivity contribution in [2.45, 2.75) is 58.5 Å². The Kier molecular flexibility index (Phi) is 7.70. The maximum Gasteiger partial charge on any atom is 0.239 e. The molecular formula is C19H29FN4O. The van der Waals surface area contributed by atoms with Crippen LogP contribution in [0.4, 0.5) is 4.39 Å². The van der Waals surface area contributed by atoms with Crippen LogP contribution in [0.5, 0.6) is 0 Å². The fourth-order valence-corrected chi connectivity index (χ4v) is 3.01. The van der Waals surface area contributed by atoms with Gasteiger partial charge in [-0.05, 0) is 43.9 Å². The van der Waals surface area contributed by atoms with Gasteiger partial charge in [0.2, 0.25) is 5.91 Å². The summed E-state index contributed by atoms with van der Waals surface area (Å²) in [7, 11) is 0. The molecule has 25 heavy (non-hydrogen) atoms. The third-order valence-electron chi connectivity index (χ3n) is 4.37. The van der Waals surface area contributed by atoms with Gasteiger partial charge in [-0.3, -0.25) is 4.79 Å². The highest BCUT2D eigenvalue weighted by molar-refractivity contribution is 5.86. The maximum absolute atomic E-state index is 13.3. The lowest BCUT2D eigenvalue weighted by Crippen LogP contribution is -2.46. The number of benzene rings is 1. The highest BCUT2D eigenvalue weighted by atomic mass is 19.1. The molecule has 2 rings (SSSR count). The number of aliphatic imine (C=N–C) groups is 1. The monoisotopic (exact) mass is 348 g/mol. The molecule has 0 unspecified atom stereocenters. The van der Waals surface area contributed by atoms with E-state index < -0.39 is 0 Å². The minimum Gasteiger partial charge on any atom is -0.357 e. The summed E-state index contributed by atoms with van der Waals surface area (Å²) in [6.45, 7) is 5.05. The molecule has 0 bridgehead atoms. The van der Waals surface area contributed by atoms with Crippen LogP contribution in [0.2, 0.25) is 0 Å². The lowest BCUT2D eigenvalue weighted by Gasteiger charge is -2.23. The smallest absolute Gasteiger partial charge is 0.239 e. The van der Waals surface area contributed by atoms with Crippen molar-refractivity contribution in [3.05, 3.63) is 35.1 Å². The van der Waals surface area contributed by atoms with Crippen molar-refractivity contribution in [2.75, 3.05) is 13.1 Å². The van der Waals surface area contributed by atoms with Crippen molar-refractivity contribution < 1.29 is 9.18 Å². The third-order valence-corrected chi connectivity index (χ3v) is 4.37. The van der Waals surface area contributed by atoms with E-state index in [0.29, 0.717) is 30.7 Å². The van der Waals surface area contributed by atoms with Crippen LogP contribution < -0.4 is 16.0 Å². The predicted octanol–water partition coefficient (Wildman–Crippen LogP) is 2.64. The fraction of sp³-hybridized carbons (Fsp3) is 0.579. The lowest BCUT2D eigenvalue weighted by molar-refractivity contribution is -0.120. The zero-order valence-corrected chi connectivity index (χ0v) is 15.2. The Morgan fingerprint density at radius 2 is 2.00 bits per heavy atom. The van der Waals surface area contributed by atoms with E-state index >= 15 is 0 Å². The first-order chi connectivity index (χ1) is 12.1. The standard InChI is InChI=1S/C19H29FN4O/c1-3-21-19(22-12-15-9-10-17(20)14(2)11-15)23-13-18(25)24-16-7-5-4-6-8-16/h9-11,16H,3-8,12-13H2,1-2H3,(H,24,25)(H2,21,22,23). The van der Waals surface area contributed by atoms with Crippen LogP contribution in [0.1, 0.15) is 50.2 Å². The summed E-state index contributed by atoms with van der Waals surface area (Å²) in [6.07, 6.45) is 5.80. The zero-order valence-electron chi connectivity index (χ0n) is 15.2. The summed E-state index contributed by atoms with van der Waals surface area (Å²) in [5.41, 5.74) is 1.54. The van der Waals surface area contributed by atoms with Gasteiger partial charge in [-0.2, -0.15) is 0 Å². The molecule has 0 aliphatic heterocycles.